The maximum atomic E-state index is 4.17. The third-order valence-electron chi connectivity index (χ3n) is 3.36. The molecule has 3 aromatic rings. The predicted molar refractivity (Wildman–Crippen MR) is 81.3 cm³/mol. The molecule has 0 saturated carbocycles. The Labute approximate surface area is 117 Å². The molecule has 0 saturated heterocycles. The lowest BCUT2D eigenvalue weighted by Gasteiger charge is -2.08. The van der Waals surface area contributed by atoms with Gasteiger partial charge in [-0.25, -0.2) is 0 Å². The van der Waals surface area contributed by atoms with Crippen LogP contribution in [-0.2, 0) is 13.1 Å². The second kappa shape index (κ2) is 5.51. The summed E-state index contributed by atoms with van der Waals surface area (Å²) in [6.45, 7) is 3.98. The highest BCUT2D eigenvalue weighted by atomic mass is 32.1. The van der Waals surface area contributed by atoms with E-state index in [2.05, 4.69) is 52.3 Å². The Bertz CT molecular complexity index is 683. The number of thiophene rings is 1. The second-order valence-electron chi connectivity index (χ2n) is 4.70. The summed E-state index contributed by atoms with van der Waals surface area (Å²) in [4.78, 5) is 4.17. The minimum Gasteiger partial charge on any atom is -0.309 e. The molecule has 0 aliphatic heterocycles. The van der Waals surface area contributed by atoms with Crippen LogP contribution < -0.4 is 5.32 Å². The van der Waals surface area contributed by atoms with Gasteiger partial charge in [-0.05, 0) is 45.8 Å². The van der Waals surface area contributed by atoms with Crippen molar-refractivity contribution in [1.82, 2.24) is 10.3 Å². The number of rotatable bonds is 4. The van der Waals surface area contributed by atoms with Crippen molar-refractivity contribution in [3.63, 3.8) is 0 Å². The fraction of sp³-hybridized carbons (Fsp3) is 0.188. The highest BCUT2D eigenvalue weighted by Gasteiger charge is 2.02. The van der Waals surface area contributed by atoms with Crippen molar-refractivity contribution in [1.29, 1.82) is 0 Å². The number of nitrogens with one attached hydrogen (secondary N) is 1. The summed E-state index contributed by atoms with van der Waals surface area (Å²) in [7, 11) is 0. The number of aromatic nitrogens is 1. The lowest BCUT2D eigenvalue weighted by Crippen LogP contribution is -2.13. The minimum atomic E-state index is 0.886. The molecule has 3 rings (SSSR count). The third-order valence-corrected chi connectivity index (χ3v) is 4.27. The van der Waals surface area contributed by atoms with Crippen LogP contribution in [0.1, 0.15) is 16.7 Å². The van der Waals surface area contributed by atoms with E-state index in [4.69, 9.17) is 0 Å². The van der Waals surface area contributed by atoms with Gasteiger partial charge in [-0.15, -0.1) is 0 Å². The van der Waals surface area contributed by atoms with Crippen molar-refractivity contribution >= 4 is 22.1 Å². The van der Waals surface area contributed by atoms with Gasteiger partial charge in [0.1, 0.15) is 0 Å². The Balaban J connectivity index is 1.74. The molecule has 0 unspecified atom stereocenters. The van der Waals surface area contributed by atoms with Gasteiger partial charge in [-0.1, -0.05) is 18.2 Å². The maximum absolute atomic E-state index is 4.17. The Kier molecular flexibility index (Phi) is 3.58. The van der Waals surface area contributed by atoms with Gasteiger partial charge in [0.05, 0.1) is 0 Å². The van der Waals surface area contributed by atoms with Crippen LogP contribution in [0.25, 0.3) is 10.8 Å². The summed E-state index contributed by atoms with van der Waals surface area (Å²) in [5.41, 5.74) is 4.10. The Morgan fingerprint density at radius 1 is 1.11 bits per heavy atom. The van der Waals surface area contributed by atoms with Crippen LogP contribution in [0.2, 0.25) is 0 Å². The molecule has 0 aliphatic carbocycles. The number of nitrogens with zero attached hydrogens (tertiary/aromatic N) is 1. The molecule has 2 aromatic heterocycles. The van der Waals surface area contributed by atoms with E-state index in [9.17, 15) is 0 Å². The fourth-order valence-electron chi connectivity index (χ4n) is 2.24. The van der Waals surface area contributed by atoms with E-state index in [1.54, 1.807) is 11.3 Å². The summed E-state index contributed by atoms with van der Waals surface area (Å²) in [5.74, 6) is 0. The first-order chi connectivity index (χ1) is 9.34. The van der Waals surface area contributed by atoms with Crippen LogP contribution in [-0.4, -0.2) is 4.98 Å². The zero-order valence-electron chi connectivity index (χ0n) is 10.9. The van der Waals surface area contributed by atoms with Gasteiger partial charge in [0, 0.05) is 30.9 Å². The third kappa shape index (κ3) is 2.67. The highest BCUT2D eigenvalue weighted by molar-refractivity contribution is 7.08. The monoisotopic (exact) mass is 268 g/mol. The van der Waals surface area contributed by atoms with Crippen LogP contribution in [0.15, 0.2) is 47.4 Å². The normalized spacial score (nSPS) is 11.0. The van der Waals surface area contributed by atoms with Gasteiger partial charge in [0.2, 0.25) is 0 Å². The molecule has 1 N–H and O–H groups in total. The van der Waals surface area contributed by atoms with Gasteiger partial charge < -0.3 is 5.32 Å². The van der Waals surface area contributed by atoms with Gasteiger partial charge in [-0.3, -0.25) is 4.98 Å². The molecule has 0 amide bonds. The lowest BCUT2D eigenvalue weighted by molar-refractivity contribution is 0.695. The van der Waals surface area contributed by atoms with Crippen molar-refractivity contribution in [2.24, 2.45) is 0 Å². The van der Waals surface area contributed by atoms with Crippen LogP contribution in [0, 0.1) is 6.92 Å². The summed E-state index contributed by atoms with van der Waals surface area (Å²) in [6, 6.07) is 8.46. The zero-order chi connectivity index (χ0) is 13.1. The summed E-state index contributed by atoms with van der Waals surface area (Å²) in [6.07, 6.45) is 3.77. The number of fused-ring (bicyclic) bond motifs is 1. The van der Waals surface area contributed by atoms with E-state index in [1.165, 1.54) is 27.5 Å². The van der Waals surface area contributed by atoms with Crippen molar-refractivity contribution in [2.75, 3.05) is 0 Å². The fourth-order valence-corrected chi connectivity index (χ4v) is 3.10. The molecule has 3 heteroatoms. The van der Waals surface area contributed by atoms with Gasteiger partial charge in [-0.2, -0.15) is 11.3 Å². The lowest BCUT2D eigenvalue weighted by atomic mass is 10.1. The summed E-state index contributed by atoms with van der Waals surface area (Å²) >= 11 is 1.77. The van der Waals surface area contributed by atoms with Gasteiger partial charge in [0.25, 0.3) is 0 Å². The smallest absolute Gasteiger partial charge is 0.0346 e. The molecular formula is C16H16N2S. The molecule has 96 valence electrons. The van der Waals surface area contributed by atoms with Crippen molar-refractivity contribution in [2.45, 2.75) is 20.0 Å². The molecule has 0 spiro atoms. The Morgan fingerprint density at radius 3 is 2.84 bits per heavy atom. The molecule has 0 atom stereocenters. The second-order valence-corrected chi connectivity index (χ2v) is 5.44. The largest absolute Gasteiger partial charge is 0.309 e. The minimum absolute atomic E-state index is 0.886. The Hall–Kier alpha value is -1.71. The first-order valence-electron chi connectivity index (χ1n) is 6.38. The number of benzene rings is 1. The molecule has 1 aromatic carbocycles. The Morgan fingerprint density at radius 2 is 2.00 bits per heavy atom. The van der Waals surface area contributed by atoms with Crippen LogP contribution in [0.3, 0.4) is 0 Å². The average molecular weight is 268 g/mol. The van der Waals surface area contributed by atoms with Crippen LogP contribution >= 0.6 is 11.3 Å². The molecule has 19 heavy (non-hydrogen) atoms. The number of aryl methyl sites for hydroxylation is 1. The SMILES string of the molecule is Cc1cscc1CNCc1cccc2cnccc12. The summed E-state index contributed by atoms with van der Waals surface area (Å²) < 4.78 is 0. The molecular weight excluding hydrogens is 252 g/mol. The average Bonchev–Trinajstić information content (AvgIpc) is 2.85. The van der Waals surface area contributed by atoms with E-state index in [0.717, 1.165) is 13.1 Å². The standard InChI is InChI=1S/C16H16N2S/c1-12-10-19-11-15(12)9-18-8-14-4-2-3-13-7-17-6-5-16(13)14/h2-7,10-11,18H,8-9H2,1H3. The van der Waals surface area contributed by atoms with Gasteiger partial charge >= 0.3 is 0 Å². The quantitative estimate of drug-likeness (QED) is 0.776. The number of hydrogen-bond donors (Lipinski definition) is 1. The zero-order valence-corrected chi connectivity index (χ0v) is 11.7. The topological polar surface area (TPSA) is 24.9 Å². The first-order valence-corrected chi connectivity index (χ1v) is 7.33. The molecule has 0 radical (unpaired) electrons. The van der Waals surface area contributed by atoms with E-state index < -0.39 is 0 Å². The highest BCUT2D eigenvalue weighted by Crippen LogP contribution is 2.18. The van der Waals surface area contributed by atoms with E-state index >= 15 is 0 Å². The van der Waals surface area contributed by atoms with E-state index in [0.29, 0.717) is 0 Å². The van der Waals surface area contributed by atoms with Crippen molar-refractivity contribution < 1.29 is 0 Å². The molecule has 0 aliphatic rings. The predicted octanol–water partition coefficient (Wildman–Crippen LogP) is 3.89. The van der Waals surface area contributed by atoms with Crippen LogP contribution in [0.4, 0.5) is 0 Å². The molecule has 2 nitrogen and oxygen atoms in total. The van der Waals surface area contributed by atoms with Crippen molar-refractivity contribution in [3.05, 3.63) is 64.1 Å². The molecule has 2 heterocycles. The number of pyridine rings is 1. The first kappa shape index (κ1) is 12.3. The van der Waals surface area contributed by atoms with E-state index in [-0.39, 0.29) is 0 Å². The maximum Gasteiger partial charge on any atom is 0.0346 e. The number of hydrogen-bond acceptors (Lipinski definition) is 3. The van der Waals surface area contributed by atoms with E-state index in [1.807, 2.05) is 12.4 Å². The van der Waals surface area contributed by atoms with Gasteiger partial charge in [0.15, 0.2) is 0 Å². The molecule has 0 bridgehead atoms. The molecule has 0 fully saturated rings. The van der Waals surface area contributed by atoms with Crippen LogP contribution in [0.5, 0.6) is 0 Å². The summed E-state index contributed by atoms with van der Waals surface area (Å²) in [5, 5.41) is 10.4. The van der Waals surface area contributed by atoms with Crippen molar-refractivity contribution in [3.8, 4) is 0 Å².